The topological polar surface area (TPSA) is 54.5 Å². The molecule has 3 aromatic rings. The van der Waals surface area contributed by atoms with Gasteiger partial charge in [0.25, 0.3) is 0 Å². The molecule has 0 aromatic heterocycles. The molecule has 2 aliphatic carbocycles. The van der Waals surface area contributed by atoms with E-state index in [1.807, 2.05) is 74.5 Å². The van der Waals surface area contributed by atoms with Crippen LogP contribution in [0.2, 0.25) is 5.02 Å². The Labute approximate surface area is 215 Å². The molecule has 4 nitrogen and oxygen atoms in total. The Hall–Kier alpha value is -3.50. The minimum absolute atomic E-state index is 0.0140. The number of hydrogen-bond acceptors (Lipinski definition) is 3. The number of carbonyl (C=O) groups is 3. The normalized spacial score (nSPS) is 28.9. The maximum atomic E-state index is 14.7. The maximum Gasteiger partial charge on any atom is 0.239 e. The molecule has 2 amide bonds. The molecule has 180 valence electrons. The Morgan fingerprint density at radius 2 is 1.17 bits per heavy atom. The fraction of sp³-hybridized carbons (Fsp3) is 0.258. The first-order valence-electron chi connectivity index (χ1n) is 12.5. The minimum atomic E-state index is -1.08. The molecule has 3 aliphatic rings. The van der Waals surface area contributed by atoms with Gasteiger partial charge < -0.3 is 0 Å². The van der Waals surface area contributed by atoms with Crippen molar-refractivity contribution in [3.05, 3.63) is 101 Å². The van der Waals surface area contributed by atoms with Gasteiger partial charge in [0.15, 0.2) is 5.78 Å². The monoisotopic (exact) mass is 495 g/mol. The zero-order valence-electron chi connectivity index (χ0n) is 20.2. The largest absolute Gasteiger partial charge is 0.298 e. The molecule has 4 atom stereocenters. The predicted octanol–water partition coefficient (Wildman–Crippen LogP) is 6.45. The molecule has 0 unspecified atom stereocenters. The van der Waals surface area contributed by atoms with E-state index in [-0.39, 0.29) is 17.6 Å². The third kappa shape index (κ3) is 2.63. The zero-order valence-corrected chi connectivity index (χ0v) is 21.0. The van der Waals surface area contributed by atoms with Gasteiger partial charge in [-0.05, 0) is 53.3 Å². The van der Waals surface area contributed by atoms with Gasteiger partial charge in [-0.3, -0.25) is 14.4 Å². The minimum Gasteiger partial charge on any atom is -0.298 e. The summed E-state index contributed by atoms with van der Waals surface area (Å²) in [4.78, 5) is 44.3. The highest BCUT2D eigenvalue weighted by Crippen LogP contribution is 2.75. The quantitative estimate of drug-likeness (QED) is 0.382. The van der Waals surface area contributed by atoms with E-state index in [0.717, 1.165) is 22.3 Å². The predicted molar refractivity (Wildman–Crippen MR) is 141 cm³/mol. The zero-order chi connectivity index (χ0) is 25.2. The van der Waals surface area contributed by atoms with Crippen LogP contribution in [0, 0.1) is 22.7 Å². The summed E-state index contributed by atoms with van der Waals surface area (Å²) in [6.45, 7) is 3.94. The third-order valence-electron chi connectivity index (χ3n) is 8.63. The van der Waals surface area contributed by atoms with Crippen molar-refractivity contribution >= 4 is 46.0 Å². The fourth-order valence-electron chi connectivity index (χ4n) is 7.32. The molecule has 0 radical (unpaired) electrons. The van der Waals surface area contributed by atoms with E-state index in [9.17, 15) is 14.4 Å². The Morgan fingerprint density at radius 3 is 1.58 bits per heavy atom. The number of nitrogens with zero attached hydrogens (tertiary/aromatic N) is 1. The van der Waals surface area contributed by atoms with Crippen molar-refractivity contribution in [1.82, 2.24) is 0 Å². The Balaban J connectivity index is 1.68. The highest BCUT2D eigenvalue weighted by molar-refractivity contribution is 6.35. The van der Waals surface area contributed by atoms with Crippen LogP contribution in [0.3, 0.4) is 0 Å². The van der Waals surface area contributed by atoms with Gasteiger partial charge >= 0.3 is 0 Å². The van der Waals surface area contributed by atoms with E-state index in [1.54, 1.807) is 24.3 Å². The molecule has 1 saturated heterocycles. The molecule has 1 saturated carbocycles. The van der Waals surface area contributed by atoms with Gasteiger partial charge in [0.05, 0.1) is 28.4 Å². The van der Waals surface area contributed by atoms with Gasteiger partial charge in [0, 0.05) is 5.02 Å². The summed E-state index contributed by atoms with van der Waals surface area (Å²) in [5.41, 5.74) is 1.97. The van der Waals surface area contributed by atoms with E-state index in [4.69, 9.17) is 11.6 Å². The number of halogens is 1. The summed E-state index contributed by atoms with van der Waals surface area (Å²) in [5.74, 6) is -2.09. The van der Waals surface area contributed by atoms with Gasteiger partial charge in [0.1, 0.15) is 0 Å². The first-order chi connectivity index (χ1) is 17.4. The molecule has 2 bridgehead atoms. The molecule has 5 heteroatoms. The number of benzene rings is 3. The van der Waals surface area contributed by atoms with Gasteiger partial charge in [-0.25, -0.2) is 4.90 Å². The van der Waals surface area contributed by atoms with Crippen molar-refractivity contribution in [3.63, 3.8) is 0 Å². The van der Waals surface area contributed by atoms with Crippen molar-refractivity contribution in [2.24, 2.45) is 22.7 Å². The van der Waals surface area contributed by atoms with Crippen LogP contribution in [-0.2, 0) is 14.4 Å². The first-order valence-corrected chi connectivity index (χ1v) is 12.9. The third-order valence-corrected chi connectivity index (χ3v) is 8.86. The number of rotatable bonds is 5. The van der Waals surface area contributed by atoms with Crippen LogP contribution in [0.4, 0.5) is 5.69 Å². The SMILES string of the molecule is CC[C@]12C(=O)[C@@](CC)(C(c3ccccc3)=C1c1ccccc1)[C@H]1C(=O)N(c3cccc(Cl)c3)C(=O)[C@H]12. The molecule has 1 aliphatic heterocycles. The highest BCUT2D eigenvalue weighted by Gasteiger charge is 2.80. The summed E-state index contributed by atoms with van der Waals surface area (Å²) >= 11 is 6.24. The van der Waals surface area contributed by atoms with E-state index in [1.165, 1.54) is 4.90 Å². The van der Waals surface area contributed by atoms with Gasteiger partial charge in [-0.15, -0.1) is 0 Å². The fourth-order valence-corrected chi connectivity index (χ4v) is 7.51. The van der Waals surface area contributed by atoms with Crippen LogP contribution in [0.1, 0.15) is 37.8 Å². The van der Waals surface area contributed by atoms with E-state index in [2.05, 4.69) is 0 Å². The van der Waals surface area contributed by atoms with E-state index in [0.29, 0.717) is 23.6 Å². The lowest BCUT2D eigenvalue weighted by atomic mass is 9.60. The number of carbonyl (C=O) groups excluding carboxylic acids is 3. The molecule has 1 heterocycles. The van der Waals surface area contributed by atoms with Gasteiger partial charge in [0.2, 0.25) is 11.8 Å². The van der Waals surface area contributed by atoms with Gasteiger partial charge in [-0.2, -0.15) is 0 Å². The second-order valence-corrected chi connectivity index (χ2v) is 10.3. The van der Waals surface area contributed by atoms with Gasteiger partial charge in [-0.1, -0.05) is 92.2 Å². The number of imide groups is 1. The summed E-state index contributed by atoms with van der Waals surface area (Å²) in [7, 11) is 0. The molecular formula is C31H26ClNO3. The highest BCUT2D eigenvalue weighted by atomic mass is 35.5. The Bertz CT molecular complexity index is 1360. The summed E-state index contributed by atoms with van der Waals surface area (Å²) < 4.78 is 0. The molecular weight excluding hydrogens is 470 g/mol. The molecule has 2 fully saturated rings. The molecule has 3 aromatic carbocycles. The summed E-state index contributed by atoms with van der Waals surface area (Å²) in [5, 5.41) is 0.452. The number of anilines is 1. The number of hydrogen-bond donors (Lipinski definition) is 0. The van der Waals surface area contributed by atoms with E-state index >= 15 is 0 Å². The smallest absolute Gasteiger partial charge is 0.239 e. The lowest BCUT2D eigenvalue weighted by Gasteiger charge is -2.38. The van der Waals surface area contributed by atoms with Crippen molar-refractivity contribution in [2.45, 2.75) is 26.7 Å². The second-order valence-electron chi connectivity index (χ2n) is 9.91. The molecule has 0 spiro atoms. The van der Waals surface area contributed by atoms with Crippen molar-refractivity contribution in [1.29, 1.82) is 0 Å². The Morgan fingerprint density at radius 1 is 0.694 bits per heavy atom. The molecule has 0 N–H and O–H groups in total. The van der Waals surface area contributed by atoms with Crippen LogP contribution in [-0.4, -0.2) is 17.6 Å². The van der Waals surface area contributed by atoms with Crippen LogP contribution < -0.4 is 4.90 Å². The number of ketones is 1. The lowest BCUT2D eigenvalue weighted by Crippen LogP contribution is -2.41. The maximum absolute atomic E-state index is 14.7. The van der Waals surface area contributed by atoms with Crippen LogP contribution in [0.5, 0.6) is 0 Å². The number of allylic oxidation sites excluding steroid dienone is 2. The average Bonchev–Trinajstić information content (AvgIpc) is 3.40. The summed E-state index contributed by atoms with van der Waals surface area (Å²) in [6.07, 6.45) is 0.884. The van der Waals surface area contributed by atoms with E-state index < -0.39 is 22.7 Å². The number of amides is 2. The van der Waals surface area contributed by atoms with Crippen molar-refractivity contribution < 1.29 is 14.4 Å². The lowest BCUT2D eigenvalue weighted by molar-refractivity contribution is -0.134. The summed E-state index contributed by atoms with van der Waals surface area (Å²) in [6, 6.07) is 26.6. The Kier molecular flexibility index (Phi) is 5.10. The van der Waals surface area contributed by atoms with Crippen molar-refractivity contribution in [3.8, 4) is 0 Å². The second kappa shape index (κ2) is 8.01. The standard InChI is InChI=1S/C31H26ClNO3/c1-3-30-23(19-12-7-5-8-13-19)24(20-14-9-6-10-15-20)31(4-2,29(30)36)26-25(30)27(34)33(28(26)35)22-17-11-16-21(32)18-22/h5-18,25-26H,3-4H2,1-2H3/t25-,26+,30-,31-/m0/s1. The van der Waals surface area contributed by atoms with Crippen LogP contribution in [0.15, 0.2) is 84.9 Å². The molecule has 6 rings (SSSR count). The number of Topliss-reactive ketones (excluding diaryl/α,β-unsaturated/α-hetero) is 1. The van der Waals surface area contributed by atoms with Crippen LogP contribution >= 0.6 is 11.6 Å². The molecule has 36 heavy (non-hydrogen) atoms. The number of fused-ring (bicyclic) bond motifs is 5. The average molecular weight is 496 g/mol. The van der Waals surface area contributed by atoms with Crippen molar-refractivity contribution in [2.75, 3.05) is 4.90 Å². The first kappa shape index (κ1) is 22.9. The van der Waals surface area contributed by atoms with Crippen LogP contribution in [0.25, 0.3) is 11.1 Å².